The third-order valence-corrected chi connectivity index (χ3v) is 5.37. The lowest BCUT2D eigenvalue weighted by atomic mass is 9.51. The van der Waals surface area contributed by atoms with E-state index < -0.39 is 0 Å². The molecule has 0 aromatic heterocycles. The maximum Gasteiger partial charge on any atom is 0.133 e. The Morgan fingerprint density at radius 3 is 2.18 bits per heavy atom. The van der Waals surface area contributed by atoms with Crippen LogP contribution in [0.2, 0.25) is 0 Å². The summed E-state index contributed by atoms with van der Waals surface area (Å²) in [5.74, 6) is 5.86. The van der Waals surface area contributed by atoms with Crippen LogP contribution < -0.4 is 0 Å². The Hall–Kier alpha value is -0.910. The van der Waals surface area contributed by atoms with Crippen molar-refractivity contribution in [2.24, 2.45) is 23.7 Å². The Kier molecular flexibility index (Phi) is 2.09. The van der Waals surface area contributed by atoms with Crippen molar-refractivity contribution in [2.45, 2.75) is 39.0 Å². The molecule has 0 heteroatoms. The minimum absolute atomic E-state index is 0.938. The zero-order chi connectivity index (χ0) is 11.4. The highest BCUT2D eigenvalue weighted by molar-refractivity contribution is 5.38. The SMILES string of the molecule is Cc1cccc([C+]2C3CC4CC(C3)CC2C4)c1. The predicted octanol–water partition coefficient (Wildman–Crippen LogP) is 4.37. The monoisotopic (exact) mass is 225 g/mol. The molecule has 17 heavy (non-hydrogen) atoms. The lowest BCUT2D eigenvalue weighted by molar-refractivity contribution is 0.0481. The Balaban J connectivity index is 1.70. The van der Waals surface area contributed by atoms with Gasteiger partial charge in [-0.1, -0.05) is 0 Å². The standard InChI is InChI=1S/C17H21/c1-11-3-2-4-14(5-11)17-15-7-12-6-13(9-15)10-16(17)8-12/h2-5,12-13,15-16H,6-10H2,1H3/q+1. The molecule has 4 saturated carbocycles. The van der Waals surface area contributed by atoms with E-state index in [-0.39, 0.29) is 0 Å². The van der Waals surface area contributed by atoms with E-state index >= 15 is 0 Å². The van der Waals surface area contributed by atoms with Crippen molar-refractivity contribution in [2.75, 3.05) is 0 Å². The van der Waals surface area contributed by atoms with Gasteiger partial charge in [-0.3, -0.25) is 0 Å². The number of hydrogen-bond acceptors (Lipinski definition) is 0. The average molecular weight is 225 g/mol. The van der Waals surface area contributed by atoms with E-state index in [0.29, 0.717) is 0 Å². The molecule has 4 fully saturated rings. The Labute approximate surface area is 104 Å². The van der Waals surface area contributed by atoms with Gasteiger partial charge < -0.3 is 0 Å². The molecule has 88 valence electrons. The molecule has 5 rings (SSSR count). The van der Waals surface area contributed by atoms with Crippen LogP contribution in [0, 0.1) is 36.5 Å². The van der Waals surface area contributed by atoms with Gasteiger partial charge in [0.15, 0.2) is 0 Å². The predicted molar refractivity (Wildman–Crippen MR) is 70.6 cm³/mol. The maximum atomic E-state index is 2.41. The Morgan fingerprint density at radius 2 is 1.59 bits per heavy atom. The molecule has 0 unspecified atom stereocenters. The van der Waals surface area contributed by atoms with E-state index in [2.05, 4.69) is 31.2 Å². The highest BCUT2D eigenvalue weighted by atomic mass is 14.5. The molecule has 0 aliphatic heterocycles. The summed E-state index contributed by atoms with van der Waals surface area (Å²) in [6.45, 7) is 2.22. The molecule has 4 aliphatic carbocycles. The number of aryl methyl sites for hydroxylation is 1. The third kappa shape index (κ3) is 1.53. The van der Waals surface area contributed by atoms with Crippen molar-refractivity contribution in [1.29, 1.82) is 0 Å². The van der Waals surface area contributed by atoms with Crippen molar-refractivity contribution >= 4 is 0 Å². The van der Waals surface area contributed by atoms with Gasteiger partial charge in [-0.2, -0.15) is 0 Å². The normalized spacial score (nSPS) is 38.8. The summed E-state index contributed by atoms with van der Waals surface area (Å²) in [4.78, 5) is 0. The van der Waals surface area contributed by atoms with E-state index in [4.69, 9.17) is 0 Å². The summed E-state index contributed by atoms with van der Waals surface area (Å²) in [5.41, 5.74) is 2.99. The van der Waals surface area contributed by atoms with Gasteiger partial charge in [0.1, 0.15) is 5.56 Å². The van der Waals surface area contributed by atoms with Crippen LogP contribution in [-0.2, 0) is 0 Å². The molecule has 0 atom stereocenters. The molecule has 0 radical (unpaired) electrons. The minimum atomic E-state index is 0.938. The van der Waals surface area contributed by atoms with Gasteiger partial charge in [0.25, 0.3) is 0 Å². The van der Waals surface area contributed by atoms with Gasteiger partial charge in [0, 0.05) is 35.4 Å². The maximum absolute atomic E-state index is 2.41. The Morgan fingerprint density at radius 1 is 0.941 bits per heavy atom. The largest absolute Gasteiger partial charge is 0.133 e. The van der Waals surface area contributed by atoms with Crippen LogP contribution in [0.15, 0.2) is 24.3 Å². The van der Waals surface area contributed by atoms with Gasteiger partial charge in [-0.05, 0) is 63.0 Å². The zero-order valence-corrected chi connectivity index (χ0v) is 10.7. The molecular weight excluding hydrogens is 204 g/mol. The van der Waals surface area contributed by atoms with Crippen molar-refractivity contribution < 1.29 is 0 Å². The molecule has 1 aromatic rings. The first kappa shape index (κ1) is 10.1. The van der Waals surface area contributed by atoms with Crippen molar-refractivity contribution in [3.05, 3.63) is 41.3 Å². The van der Waals surface area contributed by atoms with Crippen LogP contribution >= 0.6 is 0 Å². The van der Waals surface area contributed by atoms with E-state index in [0.717, 1.165) is 23.7 Å². The van der Waals surface area contributed by atoms with E-state index in [1.54, 1.807) is 12.0 Å². The zero-order valence-electron chi connectivity index (χ0n) is 10.7. The first-order valence-electron chi connectivity index (χ1n) is 7.23. The van der Waals surface area contributed by atoms with Crippen LogP contribution in [0.25, 0.3) is 0 Å². The third-order valence-electron chi connectivity index (χ3n) is 5.37. The second-order valence-corrected chi connectivity index (χ2v) is 6.63. The summed E-state index contributed by atoms with van der Waals surface area (Å²) in [5, 5.41) is 0. The summed E-state index contributed by atoms with van der Waals surface area (Å²) in [6, 6.07) is 9.23. The molecule has 4 aliphatic rings. The van der Waals surface area contributed by atoms with Gasteiger partial charge in [-0.15, -0.1) is 0 Å². The van der Waals surface area contributed by atoms with Gasteiger partial charge in [-0.25, -0.2) is 0 Å². The van der Waals surface area contributed by atoms with E-state index in [9.17, 15) is 0 Å². The van der Waals surface area contributed by atoms with Gasteiger partial charge in [0.05, 0.1) is 0 Å². The molecule has 0 heterocycles. The lowest BCUT2D eigenvalue weighted by Gasteiger charge is -2.51. The van der Waals surface area contributed by atoms with Crippen LogP contribution in [0.1, 0.15) is 43.2 Å². The first-order chi connectivity index (χ1) is 8.29. The number of benzene rings is 1. The smallest absolute Gasteiger partial charge is 0.0473 e. The highest BCUT2D eigenvalue weighted by Gasteiger charge is 2.52. The highest BCUT2D eigenvalue weighted by Crippen LogP contribution is 2.59. The number of hydrogen-bond donors (Lipinski definition) is 0. The first-order valence-corrected chi connectivity index (χ1v) is 7.23. The molecule has 1 aromatic carbocycles. The summed E-state index contributed by atoms with van der Waals surface area (Å²) in [7, 11) is 0. The van der Waals surface area contributed by atoms with Crippen LogP contribution in [0.4, 0.5) is 0 Å². The molecule has 0 amide bonds. The number of rotatable bonds is 1. The summed E-state index contributed by atoms with van der Waals surface area (Å²) < 4.78 is 0. The summed E-state index contributed by atoms with van der Waals surface area (Å²) in [6.07, 6.45) is 7.53. The summed E-state index contributed by atoms with van der Waals surface area (Å²) >= 11 is 0. The lowest BCUT2D eigenvalue weighted by Crippen LogP contribution is -2.44. The van der Waals surface area contributed by atoms with Gasteiger partial charge >= 0.3 is 0 Å². The average Bonchev–Trinajstić information content (AvgIpc) is 2.27. The molecular formula is C17H21+. The Bertz CT molecular complexity index is 403. The van der Waals surface area contributed by atoms with Crippen molar-refractivity contribution in [1.82, 2.24) is 0 Å². The topological polar surface area (TPSA) is 0 Å². The molecule has 4 bridgehead atoms. The molecule has 0 spiro atoms. The fourth-order valence-electron chi connectivity index (χ4n) is 4.99. The fraction of sp³-hybridized carbons (Fsp3) is 0.588. The van der Waals surface area contributed by atoms with Gasteiger partial charge in [0.2, 0.25) is 0 Å². The van der Waals surface area contributed by atoms with Crippen LogP contribution in [0.3, 0.4) is 0 Å². The van der Waals surface area contributed by atoms with Crippen LogP contribution in [-0.4, -0.2) is 0 Å². The molecule has 0 nitrogen and oxygen atoms in total. The van der Waals surface area contributed by atoms with Crippen molar-refractivity contribution in [3.63, 3.8) is 0 Å². The molecule has 0 N–H and O–H groups in total. The molecule has 0 saturated heterocycles. The van der Waals surface area contributed by atoms with E-state index in [1.807, 2.05) is 5.92 Å². The fourth-order valence-corrected chi connectivity index (χ4v) is 4.99. The van der Waals surface area contributed by atoms with E-state index in [1.165, 1.54) is 31.2 Å². The minimum Gasteiger partial charge on any atom is -0.0473 e. The van der Waals surface area contributed by atoms with Crippen molar-refractivity contribution in [3.8, 4) is 0 Å². The van der Waals surface area contributed by atoms with Crippen LogP contribution in [0.5, 0.6) is 0 Å². The quantitative estimate of drug-likeness (QED) is 0.622. The second kappa shape index (κ2) is 3.54. The second-order valence-electron chi connectivity index (χ2n) is 6.63.